The number of nitrogens with zero attached hydrogens (tertiary/aromatic N) is 3. The fraction of sp³-hybridized carbons (Fsp3) is 0.0476. The highest BCUT2D eigenvalue weighted by molar-refractivity contribution is 6.51. The first-order chi connectivity index (χ1) is 13.6. The molecular weight excluding hydrogens is 378 g/mol. The van der Waals surface area contributed by atoms with Crippen molar-refractivity contribution in [1.82, 2.24) is 9.97 Å². The summed E-state index contributed by atoms with van der Waals surface area (Å²) in [4.78, 5) is 35.1. The van der Waals surface area contributed by atoms with Gasteiger partial charge in [0.2, 0.25) is 5.95 Å². The van der Waals surface area contributed by atoms with Crippen LogP contribution in [0.2, 0.25) is 5.02 Å². The number of rotatable bonds is 3. The second-order valence-corrected chi connectivity index (χ2v) is 6.51. The normalized spacial score (nSPS) is 18.5. The first-order valence-corrected chi connectivity index (χ1v) is 8.85. The van der Waals surface area contributed by atoms with Crippen molar-refractivity contribution in [3.05, 3.63) is 94.8 Å². The Hall–Kier alpha value is -3.51. The van der Waals surface area contributed by atoms with E-state index in [0.717, 1.165) is 4.90 Å². The van der Waals surface area contributed by atoms with E-state index in [1.54, 1.807) is 60.7 Å². The summed E-state index contributed by atoms with van der Waals surface area (Å²) in [5.41, 5.74) is 0.858. The van der Waals surface area contributed by atoms with Crippen LogP contribution in [0.15, 0.2) is 78.6 Å². The van der Waals surface area contributed by atoms with E-state index in [9.17, 15) is 14.7 Å². The molecule has 1 fully saturated rings. The number of carbonyl (C=O) groups is 2. The van der Waals surface area contributed by atoms with Crippen LogP contribution in [0.3, 0.4) is 0 Å². The van der Waals surface area contributed by atoms with Gasteiger partial charge in [-0.3, -0.25) is 14.5 Å². The maximum absolute atomic E-state index is 12.9. The van der Waals surface area contributed by atoms with Gasteiger partial charge in [0.05, 0.1) is 11.6 Å². The van der Waals surface area contributed by atoms with Crippen LogP contribution in [-0.4, -0.2) is 26.8 Å². The molecule has 2 heterocycles. The molecule has 7 heteroatoms. The molecule has 28 heavy (non-hydrogen) atoms. The molecule has 0 aliphatic carbocycles. The van der Waals surface area contributed by atoms with Crippen molar-refractivity contribution in [2.45, 2.75) is 6.04 Å². The number of hydrogen-bond acceptors (Lipinski definition) is 5. The van der Waals surface area contributed by atoms with E-state index in [4.69, 9.17) is 11.6 Å². The lowest BCUT2D eigenvalue weighted by atomic mass is 9.95. The Kier molecular flexibility index (Phi) is 4.63. The fourth-order valence-electron chi connectivity index (χ4n) is 3.20. The Morgan fingerprint density at radius 2 is 1.57 bits per heavy atom. The molecule has 6 nitrogen and oxygen atoms in total. The number of benzene rings is 2. The van der Waals surface area contributed by atoms with Gasteiger partial charge in [0.1, 0.15) is 5.76 Å². The summed E-state index contributed by atoms with van der Waals surface area (Å²) in [6.07, 6.45) is 2.95. The Morgan fingerprint density at radius 1 is 0.929 bits per heavy atom. The highest BCUT2D eigenvalue weighted by Crippen LogP contribution is 2.42. The van der Waals surface area contributed by atoms with E-state index >= 15 is 0 Å². The number of halogens is 1. The van der Waals surface area contributed by atoms with Crippen LogP contribution in [0.25, 0.3) is 5.76 Å². The maximum atomic E-state index is 12.9. The van der Waals surface area contributed by atoms with E-state index in [-0.39, 0.29) is 17.3 Å². The topological polar surface area (TPSA) is 83.4 Å². The quantitative estimate of drug-likeness (QED) is 0.417. The van der Waals surface area contributed by atoms with Crippen molar-refractivity contribution in [3.63, 3.8) is 0 Å². The smallest absolute Gasteiger partial charge is 0.302 e. The monoisotopic (exact) mass is 391 g/mol. The van der Waals surface area contributed by atoms with Gasteiger partial charge in [-0.25, -0.2) is 9.97 Å². The summed E-state index contributed by atoms with van der Waals surface area (Å²) in [5.74, 6) is -1.86. The van der Waals surface area contributed by atoms with Crippen molar-refractivity contribution in [2.24, 2.45) is 0 Å². The molecular formula is C21H14ClN3O3. The highest BCUT2D eigenvalue weighted by atomic mass is 35.5. The number of aliphatic hydroxyl groups is 1. The van der Waals surface area contributed by atoms with Gasteiger partial charge in [-0.2, -0.15) is 0 Å². The third kappa shape index (κ3) is 2.93. The number of carbonyl (C=O) groups excluding carboxylic acids is 2. The number of aromatic nitrogens is 2. The zero-order valence-corrected chi connectivity index (χ0v) is 15.2. The van der Waals surface area contributed by atoms with Gasteiger partial charge >= 0.3 is 5.91 Å². The molecule has 0 radical (unpaired) electrons. The maximum Gasteiger partial charge on any atom is 0.302 e. The SMILES string of the molecule is O=C1C(=O)N(c2ncccn2)[C@@H](c2ccccc2Cl)C1=C(O)c1ccccc1. The van der Waals surface area contributed by atoms with Gasteiger partial charge in [0, 0.05) is 23.0 Å². The molecule has 1 saturated heterocycles. The van der Waals surface area contributed by atoms with E-state index in [1.165, 1.54) is 12.4 Å². The van der Waals surface area contributed by atoms with Crippen LogP contribution < -0.4 is 4.90 Å². The summed E-state index contributed by atoms with van der Waals surface area (Å²) in [5, 5.41) is 11.2. The summed E-state index contributed by atoms with van der Waals surface area (Å²) >= 11 is 6.37. The molecule has 0 spiro atoms. The molecule has 1 atom stereocenters. The summed E-state index contributed by atoms with van der Waals surface area (Å²) in [6.45, 7) is 0. The van der Waals surface area contributed by atoms with Gasteiger partial charge in [-0.05, 0) is 17.7 Å². The Labute approximate surface area is 165 Å². The summed E-state index contributed by atoms with van der Waals surface area (Å²) in [7, 11) is 0. The van der Waals surface area contributed by atoms with Crippen LogP contribution in [0.5, 0.6) is 0 Å². The van der Waals surface area contributed by atoms with Crippen LogP contribution >= 0.6 is 11.6 Å². The Balaban J connectivity index is 1.98. The summed E-state index contributed by atoms with van der Waals surface area (Å²) in [6, 6.07) is 16.1. The van der Waals surface area contributed by atoms with E-state index in [1.807, 2.05) is 0 Å². The molecule has 1 N–H and O–H groups in total. The third-order valence-corrected chi connectivity index (χ3v) is 4.80. The largest absolute Gasteiger partial charge is 0.507 e. The number of hydrogen-bond donors (Lipinski definition) is 1. The predicted molar refractivity (Wildman–Crippen MR) is 105 cm³/mol. The number of aliphatic hydroxyl groups excluding tert-OH is 1. The molecule has 0 bridgehead atoms. The van der Waals surface area contributed by atoms with E-state index < -0.39 is 17.7 Å². The van der Waals surface area contributed by atoms with Crippen LogP contribution in [0.4, 0.5) is 5.95 Å². The van der Waals surface area contributed by atoms with Crippen LogP contribution in [0.1, 0.15) is 17.2 Å². The standard InChI is InChI=1S/C21H14ClN3O3/c22-15-10-5-4-9-14(15)17-16(18(26)13-7-2-1-3-8-13)19(27)20(28)25(17)21-23-11-6-12-24-21/h1-12,17,26H/t17-/m0/s1. The molecule has 1 aromatic heterocycles. The minimum Gasteiger partial charge on any atom is -0.507 e. The number of Topliss-reactive ketones (excluding diaryl/α,β-unsaturated/α-hetero) is 1. The zero-order chi connectivity index (χ0) is 19.7. The molecule has 1 amide bonds. The van der Waals surface area contributed by atoms with Crippen molar-refractivity contribution in [3.8, 4) is 0 Å². The number of amides is 1. The lowest BCUT2D eigenvalue weighted by Gasteiger charge is -2.24. The van der Waals surface area contributed by atoms with Gasteiger partial charge in [0.15, 0.2) is 0 Å². The van der Waals surface area contributed by atoms with Crippen molar-refractivity contribution in [1.29, 1.82) is 0 Å². The first kappa shape index (κ1) is 17.9. The van der Waals surface area contributed by atoms with Crippen molar-refractivity contribution >= 4 is 35.0 Å². The van der Waals surface area contributed by atoms with Crippen molar-refractivity contribution in [2.75, 3.05) is 4.90 Å². The average molecular weight is 392 g/mol. The molecule has 4 rings (SSSR count). The molecule has 3 aromatic rings. The number of ketones is 1. The molecule has 138 valence electrons. The van der Waals surface area contributed by atoms with Gasteiger partial charge < -0.3 is 5.11 Å². The fourth-order valence-corrected chi connectivity index (χ4v) is 3.44. The van der Waals surface area contributed by atoms with Gasteiger partial charge in [-0.15, -0.1) is 0 Å². The number of anilines is 1. The lowest BCUT2D eigenvalue weighted by Crippen LogP contribution is -2.31. The second-order valence-electron chi connectivity index (χ2n) is 6.11. The average Bonchev–Trinajstić information content (AvgIpc) is 3.00. The minimum absolute atomic E-state index is 0.0571. The predicted octanol–water partition coefficient (Wildman–Crippen LogP) is 3.76. The Morgan fingerprint density at radius 3 is 2.25 bits per heavy atom. The van der Waals surface area contributed by atoms with Gasteiger partial charge in [-0.1, -0.05) is 60.1 Å². The zero-order valence-electron chi connectivity index (χ0n) is 14.5. The molecule has 0 unspecified atom stereocenters. The van der Waals surface area contributed by atoms with Crippen molar-refractivity contribution < 1.29 is 14.7 Å². The molecule has 0 saturated carbocycles. The summed E-state index contributed by atoms with van der Waals surface area (Å²) < 4.78 is 0. The second kappa shape index (κ2) is 7.25. The van der Waals surface area contributed by atoms with E-state index in [0.29, 0.717) is 16.1 Å². The van der Waals surface area contributed by atoms with Crippen LogP contribution in [-0.2, 0) is 9.59 Å². The van der Waals surface area contributed by atoms with Crippen LogP contribution in [0, 0.1) is 0 Å². The molecule has 1 aliphatic rings. The van der Waals surface area contributed by atoms with E-state index in [2.05, 4.69) is 9.97 Å². The minimum atomic E-state index is -0.948. The molecule has 2 aromatic carbocycles. The Bertz CT molecular complexity index is 1080. The van der Waals surface area contributed by atoms with Gasteiger partial charge in [0.25, 0.3) is 5.78 Å². The first-order valence-electron chi connectivity index (χ1n) is 8.47. The third-order valence-electron chi connectivity index (χ3n) is 4.46. The highest BCUT2D eigenvalue weighted by Gasteiger charge is 2.48. The lowest BCUT2D eigenvalue weighted by molar-refractivity contribution is -0.132. The molecule has 1 aliphatic heterocycles.